The molecule has 2 fully saturated rings. The fraction of sp³-hybridized carbons (Fsp3) is 0.409. The molecule has 1 aliphatic heterocycles. The minimum atomic E-state index is -0.104. The lowest BCUT2D eigenvalue weighted by molar-refractivity contribution is 0.0954. The van der Waals surface area contributed by atoms with Crippen molar-refractivity contribution in [1.82, 2.24) is 9.80 Å². The molecule has 6 nitrogen and oxygen atoms in total. The fourth-order valence-electron chi connectivity index (χ4n) is 3.87. The van der Waals surface area contributed by atoms with E-state index >= 15 is 0 Å². The number of hydrogen-bond acceptors (Lipinski definition) is 4. The standard InChI is InChI=1S/C22H27N3O3/c1-27-18-10-11-19(21(14-18)28-2)23-22(26)25-13-12-24(17-8-9-17)15-20(25)16-6-4-3-5-7-16/h3-7,10-11,14,17,20H,8-9,12-13,15H2,1-2H3,(H,23,26). The van der Waals surface area contributed by atoms with Crippen LogP contribution in [0.2, 0.25) is 0 Å². The highest BCUT2D eigenvalue weighted by Crippen LogP contribution is 2.35. The van der Waals surface area contributed by atoms with E-state index in [9.17, 15) is 4.79 Å². The number of anilines is 1. The van der Waals surface area contributed by atoms with Crippen molar-refractivity contribution in [2.45, 2.75) is 24.9 Å². The van der Waals surface area contributed by atoms with Crippen LogP contribution in [0.5, 0.6) is 11.5 Å². The molecule has 0 spiro atoms. The Kier molecular flexibility index (Phi) is 5.39. The molecule has 1 saturated carbocycles. The van der Waals surface area contributed by atoms with Gasteiger partial charge < -0.3 is 19.7 Å². The molecule has 0 radical (unpaired) electrons. The second kappa shape index (κ2) is 8.10. The van der Waals surface area contributed by atoms with Gasteiger partial charge in [0.2, 0.25) is 0 Å². The van der Waals surface area contributed by atoms with Crippen molar-refractivity contribution < 1.29 is 14.3 Å². The summed E-state index contributed by atoms with van der Waals surface area (Å²) in [6.45, 7) is 2.50. The van der Waals surface area contributed by atoms with Gasteiger partial charge in [-0.3, -0.25) is 4.90 Å². The quantitative estimate of drug-likeness (QED) is 0.857. The van der Waals surface area contributed by atoms with E-state index in [2.05, 4.69) is 22.3 Å². The minimum Gasteiger partial charge on any atom is -0.497 e. The maximum absolute atomic E-state index is 13.2. The number of nitrogens with zero attached hydrogens (tertiary/aromatic N) is 2. The molecule has 2 aromatic rings. The average Bonchev–Trinajstić information content (AvgIpc) is 3.59. The Morgan fingerprint density at radius 2 is 1.82 bits per heavy atom. The maximum Gasteiger partial charge on any atom is 0.322 e. The lowest BCUT2D eigenvalue weighted by Gasteiger charge is -2.41. The van der Waals surface area contributed by atoms with Crippen molar-refractivity contribution in [1.29, 1.82) is 0 Å². The molecular weight excluding hydrogens is 354 g/mol. The van der Waals surface area contributed by atoms with E-state index in [1.807, 2.05) is 35.2 Å². The van der Waals surface area contributed by atoms with Crippen LogP contribution in [-0.4, -0.2) is 55.7 Å². The summed E-state index contributed by atoms with van der Waals surface area (Å²) in [6, 6.07) is 16.3. The molecule has 148 valence electrons. The van der Waals surface area contributed by atoms with Crippen LogP contribution in [0, 0.1) is 0 Å². The van der Waals surface area contributed by atoms with Crippen LogP contribution in [0.4, 0.5) is 10.5 Å². The second-order valence-corrected chi connectivity index (χ2v) is 7.34. The van der Waals surface area contributed by atoms with Crippen molar-refractivity contribution in [3.8, 4) is 11.5 Å². The van der Waals surface area contributed by atoms with Crippen molar-refractivity contribution in [2.75, 3.05) is 39.2 Å². The summed E-state index contributed by atoms with van der Waals surface area (Å²) in [4.78, 5) is 17.6. The molecule has 1 unspecified atom stereocenters. The predicted octanol–water partition coefficient (Wildman–Crippen LogP) is 3.76. The van der Waals surface area contributed by atoms with Crippen LogP contribution in [-0.2, 0) is 0 Å². The van der Waals surface area contributed by atoms with E-state index in [1.165, 1.54) is 18.4 Å². The Morgan fingerprint density at radius 3 is 2.50 bits per heavy atom. The minimum absolute atomic E-state index is 0.0415. The second-order valence-electron chi connectivity index (χ2n) is 7.34. The van der Waals surface area contributed by atoms with Crippen LogP contribution >= 0.6 is 0 Å². The van der Waals surface area contributed by atoms with Gasteiger partial charge >= 0.3 is 6.03 Å². The summed E-state index contributed by atoms with van der Waals surface area (Å²) in [7, 11) is 3.20. The third kappa shape index (κ3) is 3.92. The fourth-order valence-corrected chi connectivity index (χ4v) is 3.87. The molecule has 2 aromatic carbocycles. The Bertz CT molecular complexity index is 823. The summed E-state index contributed by atoms with van der Waals surface area (Å²) < 4.78 is 10.7. The van der Waals surface area contributed by atoms with Crippen molar-refractivity contribution in [3.05, 3.63) is 54.1 Å². The highest BCUT2D eigenvalue weighted by atomic mass is 16.5. The van der Waals surface area contributed by atoms with Gasteiger partial charge in [-0.25, -0.2) is 4.79 Å². The van der Waals surface area contributed by atoms with Gasteiger partial charge in [0.25, 0.3) is 0 Å². The number of methoxy groups -OCH3 is 2. The molecule has 1 heterocycles. The monoisotopic (exact) mass is 381 g/mol. The Labute approximate surface area is 166 Å². The number of urea groups is 1. The van der Waals surface area contributed by atoms with Crippen LogP contribution < -0.4 is 14.8 Å². The van der Waals surface area contributed by atoms with Gasteiger partial charge in [0, 0.05) is 31.7 Å². The number of nitrogens with one attached hydrogen (secondary N) is 1. The van der Waals surface area contributed by atoms with Crippen molar-refractivity contribution >= 4 is 11.7 Å². The van der Waals surface area contributed by atoms with Crippen LogP contribution in [0.3, 0.4) is 0 Å². The van der Waals surface area contributed by atoms with E-state index in [-0.39, 0.29) is 12.1 Å². The van der Waals surface area contributed by atoms with Gasteiger partial charge in [-0.15, -0.1) is 0 Å². The van der Waals surface area contributed by atoms with Gasteiger partial charge in [0.15, 0.2) is 0 Å². The smallest absolute Gasteiger partial charge is 0.322 e. The van der Waals surface area contributed by atoms with E-state index in [0.29, 0.717) is 29.8 Å². The first-order valence-corrected chi connectivity index (χ1v) is 9.78. The van der Waals surface area contributed by atoms with Crippen molar-refractivity contribution in [2.24, 2.45) is 0 Å². The molecule has 1 N–H and O–H groups in total. The molecule has 1 aliphatic carbocycles. The zero-order valence-electron chi connectivity index (χ0n) is 16.4. The third-order valence-corrected chi connectivity index (χ3v) is 5.57. The molecule has 1 saturated heterocycles. The zero-order chi connectivity index (χ0) is 19.5. The summed E-state index contributed by atoms with van der Waals surface area (Å²) in [5.74, 6) is 1.27. The molecule has 4 rings (SSSR count). The van der Waals surface area contributed by atoms with E-state index in [4.69, 9.17) is 9.47 Å². The first kappa shape index (κ1) is 18.6. The van der Waals surface area contributed by atoms with E-state index < -0.39 is 0 Å². The molecule has 0 aromatic heterocycles. The Morgan fingerprint density at radius 1 is 1.04 bits per heavy atom. The number of benzene rings is 2. The Hall–Kier alpha value is -2.73. The maximum atomic E-state index is 13.2. The largest absolute Gasteiger partial charge is 0.497 e. The number of hydrogen-bond donors (Lipinski definition) is 1. The molecular formula is C22H27N3O3. The van der Waals surface area contributed by atoms with Gasteiger partial charge in [0.05, 0.1) is 25.9 Å². The molecule has 2 aliphatic rings. The summed E-state index contributed by atoms with van der Waals surface area (Å²) in [6.07, 6.45) is 2.55. The lowest BCUT2D eigenvalue weighted by atomic mass is 10.0. The molecule has 2 amide bonds. The van der Waals surface area contributed by atoms with Gasteiger partial charge in [-0.1, -0.05) is 30.3 Å². The summed E-state index contributed by atoms with van der Waals surface area (Å²) >= 11 is 0. The Balaban J connectivity index is 1.54. The van der Waals surface area contributed by atoms with Crippen LogP contribution in [0.1, 0.15) is 24.4 Å². The van der Waals surface area contributed by atoms with Gasteiger partial charge in [-0.05, 0) is 30.5 Å². The normalized spacial score (nSPS) is 19.9. The third-order valence-electron chi connectivity index (χ3n) is 5.57. The predicted molar refractivity (Wildman–Crippen MR) is 109 cm³/mol. The van der Waals surface area contributed by atoms with E-state index in [0.717, 1.165) is 13.1 Å². The number of ether oxygens (including phenoxy) is 2. The first-order chi connectivity index (χ1) is 13.7. The zero-order valence-corrected chi connectivity index (χ0v) is 16.4. The van der Waals surface area contributed by atoms with Crippen molar-refractivity contribution in [3.63, 3.8) is 0 Å². The lowest BCUT2D eigenvalue weighted by Crippen LogP contribution is -2.52. The van der Waals surface area contributed by atoms with E-state index in [1.54, 1.807) is 20.3 Å². The number of carbonyl (C=O) groups is 1. The molecule has 6 heteroatoms. The highest BCUT2D eigenvalue weighted by molar-refractivity contribution is 5.91. The SMILES string of the molecule is COc1ccc(NC(=O)N2CCN(C3CC3)CC2c2ccccc2)c(OC)c1. The average molecular weight is 381 g/mol. The van der Waals surface area contributed by atoms with Gasteiger partial charge in [0.1, 0.15) is 11.5 Å². The van der Waals surface area contributed by atoms with Gasteiger partial charge in [-0.2, -0.15) is 0 Å². The number of carbonyl (C=O) groups excluding carboxylic acids is 1. The number of amides is 2. The summed E-state index contributed by atoms with van der Waals surface area (Å²) in [5, 5.41) is 3.03. The molecule has 1 atom stereocenters. The molecule has 28 heavy (non-hydrogen) atoms. The topological polar surface area (TPSA) is 54.0 Å². The highest BCUT2D eigenvalue weighted by Gasteiger charge is 2.38. The van der Waals surface area contributed by atoms with Crippen LogP contribution in [0.25, 0.3) is 0 Å². The number of rotatable bonds is 5. The first-order valence-electron chi connectivity index (χ1n) is 9.78. The number of piperazine rings is 1. The summed E-state index contributed by atoms with van der Waals surface area (Å²) in [5.41, 5.74) is 1.81. The molecule has 0 bridgehead atoms. The van der Waals surface area contributed by atoms with Crippen LogP contribution in [0.15, 0.2) is 48.5 Å².